The van der Waals surface area contributed by atoms with E-state index in [1.165, 1.54) is 4.31 Å². The van der Waals surface area contributed by atoms with Crippen LogP contribution in [0.1, 0.15) is 24.0 Å². The van der Waals surface area contributed by atoms with Gasteiger partial charge in [-0.25, -0.2) is 12.7 Å². The average molecular weight is 311 g/mol. The van der Waals surface area contributed by atoms with Gasteiger partial charge >= 0.3 is 0 Å². The van der Waals surface area contributed by atoms with Gasteiger partial charge in [-0.15, -0.1) is 0 Å². The lowest BCUT2D eigenvalue weighted by molar-refractivity contribution is 0.271. The van der Waals surface area contributed by atoms with Gasteiger partial charge in [0.2, 0.25) is 10.0 Å². The standard InChI is InChI=1S/C15H25N3O2S/c1-17-8-4-7-15(17)11-18(2)21(19,20)12-14-6-3-5-13(9-14)10-16/h3,5-6,9,15H,4,7-8,10-12,16H2,1-2H3. The maximum atomic E-state index is 12.5. The molecule has 2 rings (SSSR count). The number of benzene rings is 1. The number of rotatable bonds is 6. The van der Waals surface area contributed by atoms with Crippen LogP contribution in [0.25, 0.3) is 0 Å². The van der Waals surface area contributed by atoms with Crippen LogP contribution in [0, 0.1) is 0 Å². The molecule has 0 bridgehead atoms. The van der Waals surface area contributed by atoms with E-state index in [0.29, 0.717) is 19.1 Å². The quantitative estimate of drug-likeness (QED) is 0.851. The van der Waals surface area contributed by atoms with E-state index in [1.54, 1.807) is 7.05 Å². The Balaban J connectivity index is 2.03. The average Bonchev–Trinajstić information content (AvgIpc) is 2.84. The highest BCUT2D eigenvalue weighted by Gasteiger charge is 2.27. The Morgan fingerprint density at radius 3 is 2.71 bits per heavy atom. The first-order valence-electron chi connectivity index (χ1n) is 7.34. The fraction of sp³-hybridized carbons (Fsp3) is 0.600. The number of nitrogens with two attached hydrogens (primary N) is 1. The molecule has 6 heteroatoms. The summed E-state index contributed by atoms with van der Waals surface area (Å²) >= 11 is 0. The molecule has 1 saturated heterocycles. The number of hydrogen-bond donors (Lipinski definition) is 1. The van der Waals surface area contributed by atoms with Crippen molar-refractivity contribution in [2.45, 2.75) is 31.2 Å². The molecule has 1 unspecified atom stereocenters. The molecule has 1 aromatic rings. The van der Waals surface area contributed by atoms with Crippen molar-refractivity contribution in [3.05, 3.63) is 35.4 Å². The molecule has 0 aromatic heterocycles. The van der Waals surface area contributed by atoms with Crippen LogP contribution in [0.5, 0.6) is 0 Å². The number of sulfonamides is 1. The molecule has 1 heterocycles. The van der Waals surface area contributed by atoms with Gasteiger partial charge in [-0.1, -0.05) is 24.3 Å². The molecule has 0 spiro atoms. The Morgan fingerprint density at radius 2 is 2.10 bits per heavy atom. The lowest BCUT2D eigenvalue weighted by atomic mass is 10.1. The first kappa shape index (κ1) is 16.4. The van der Waals surface area contributed by atoms with Gasteiger partial charge in [-0.05, 0) is 37.6 Å². The molecule has 0 saturated carbocycles. The maximum absolute atomic E-state index is 12.5. The minimum atomic E-state index is -3.28. The molecule has 1 atom stereocenters. The minimum Gasteiger partial charge on any atom is -0.326 e. The second kappa shape index (κ2) is 6.87. The van der Waals surface area contributed by atoms with E-state index >= 15 is 0 Å². The third-order valence-electron chi connectivity index (χ3n) is 4.19. The molecule has 1 fully saturated rings. The fourth-order valence-electron chi connectivity index (χ4n) is 2.79. The second-order valence-corrected chi connectivity index (χ2v) is 7.91. The second-order valence-electron chi connectivity index (χ2n) is 5.84. The van der Waals surface area contributed by atoms with Gasteiger partial charge in [0.1, 0.15) is 0 Å². The SMILES string of the molecule is CN1CCCC1CN(C)S(=O)(=O)Cc1cccc(CN)c1. The molecule has 5 nitrogen and oxygen atoms in total. The minimum absolute atomic E-state index is 0.0355. The van der Waals surface area contributed by atoms with Crippen LogP contribution < -0.4 is 5.73 Å². The van der Waals surface area contributed by atoms with Gasteiger partial charge in [-0.2, -0.15) is 0 Å². The van der Waals surface area contributed by atoms with Crippen molar-refractivity contribution in [3.63, 3.8) is 0 Å². The smallest absolute Gasteiger partial charge is 0.218 e. The predicted molar refractivity (Wildman–Crippen MR) is 85.2 cm³/mol. The van der Waals surface area contributed by atoms with Gasteiger partial charge < -0.3 is 10.6 Å². The summed E-state index contributed by atoms with van der Waals surface area (Å²) in [6, 6.07) is 7.81. The first-order chi connectivity index (χ1) is 9.92. The predicted octanol–water partition coefficient (Wildman–Crippen LogP) is 1.00. The van der Waals surface area contributed by atoms with Gasteiger partial charge in [0.15, 0.2) is 0 Å². The highest BCUT2D eigenvalue weighted by atomic mass is 32.2. The summed E-state index contributed by atoms with van der Waals surface area (Å²) in [6.45, 7) is 2.04. The van der Waals surface area contributed by atoms with Crippen molar-refractivity contribution in [1.82, 2.24) is 9.21 Å². The molecule has 118 valence electrons. The van der Waals surface area contributed by atoms with Crippen LogP contribution in [0.3, 0.4) is 0 Å². The van der Waals surface area contributed by atoms with Crippen molar-refractivity contribution in [2.24, 2.45) is 5.73 Å². The number of nitrogens with zero attached hydrogens (tertiary/aromatic N) is 2. The van der Waals surface area contributed by atoms with E-state index in [1.807, 2.05) is 24.3 Å². The van der Waals surface area contributed by atoms with Gasteiger partial charge in [0.25, 0.3) is 0 Å². The fourth-order valence-corrected chi connectivity index (χ4v) is 4.01. The molecule has 1 aromatic carbocycles. The molecule has 21 heavy (non-hydrogen) atoms. The number of likely N-dealkylation sites (tertiary alicyclic amines) is 1. The van der Waals surface area contributed by atoms with E-state index in [0.717, 1.165) is 30.5 Å². The summed E-state index contributed by atoms with van der Waals surface area (Å²) < 4.78 is 26.4. The molecule has 0 aliphatic carbocycles. The number of hydrogen-bond acceptors (Lipinski definition) is 4. The van der Waals surface area contributed by atoms with Crippen LogP contribution in [-0.4, -0.2) is 50.8 Å². The van der Waals surface area contributed by atoms with Gasteiger partial charge in [0.05, 0.1) is 5.75 Å². The normalized spacial score (nSPS) is 20.3. The summed E-state index contributed by atoms with van der Waals surface area (Å²) in [5, 5.41) is 0. The summed E-state index contributed by atoms with van der Waals surface area (Å²) in [5.41, 5.74) is 7.36. The van der Waals surface area contributed by atoms with Crippen LogP contribution >= 0.6 is 0 Å². The Morgan fingerprint density at radius 1 is 1.38 bits per heavy atom. The first-order valence-corrected chi connectivity index (χ1v) is 8.95. The van der Waals surface area contributed by atoms with E-state index in [2.05, 4.69) is 11.9 Å². The van der Waals surface area contributed by atoms with E-state index in [9.17, 15) is 8.42 Å². The zero-order valence-corrected chi connectivity index (χ0v) is 13.6. The van der Waals surface area contributed by atoms with E-state index in [4.69, 9.17) is 5.73 Å². The van der Waals surface area contributed by atoms with Crippen LogP contribution in [0.15, 0.2) is 24.3 Å². The molecule has 1 aliphatic heterocycles. The molecule has 0 amide bonds. The lowest BCUT2D eigenvalue weighted by Gasteiger charge is -2.25. The molecule has 2 N–H and O–H groups in total. The zero-order valence-electron chi connectivity index (χ0n) is 12.8. The summed E-state index contributed by atoms with van der Waals surface area (Å²) in [6.07, 6.45) is 2.21. The monoisotopic (exact) mass is 311 g/mol. The third kappa shape index (κ3) is 4.26. The highest BCUT2D eigenvalue weighted by molar-refractivity contribution is 7.88. The topological polar surface area (TPSA) is 66.6 Å². The van der Waals surface area contributed by atoms with Crippen molar-refractivity contribution < 1.29 is 8.42 Å². The molecular weight excluding hydrogens is 286 g/mol. The summed E-state index contributed by atoms with van der Waals surface area (Å²) in [5.74, 6) is 0.0355. The van der Waals surface area contributed by atoms with Crippen molar-refractivity contribution in [3.8, 4) is 0 Å². The Hall–Kier alpha value is -0.950. The Bertz CT molecular complexity index is 574. The number of likely N-dealkylation sites (N-methyl/N-ethyl adjacent to an activating group) is 2. The van der Waals surface area contributed by atoms with Crippen LogP contribution in [0.2, 0.25) is 0 Å². The maximum Gasteiger partial charge on any atom is 0.218 e. The summed E-state index contributed by atoms with van der Waals surface area (Å²) in [7, 11) is 0.450. The van der Waals surface area contributed by atoms with E-state index < -0.39 is 10.0 Å². The molecule has 0 radical (unpaired) electrons. The summed E-state index contributed by atoms with van der Waals surface area (Å²) in [4.78, 5) is 2.24. The lowest BCUT2D eigenvalue weighted by Crippen LogP contribution is -2.40. The Kier molecular flexibility index (Phi) is 5.37. The van der Waals surface area contributed by atoms with Crippen LogP contribution in [-0.2, 0) is 22.3 Å². The van der Waals surface area contributed by atoms with Gasteiger partial charge in [0, 0.05) is 26.2 Å². The van der Waals surface area contributed by atoms with Crippen LogP contribution in [0.4, 0.5) is 0 Å². The van der Waals surface area contributed by atoms with Crippen molar-refractivity contribution in [2.75, 3.05) is 27.2 Å². The largest absolute Gasteiger partial charge is 0.326 e. The van der Waals surface area contributed by atoms with Gasteiger partial charge in [-0.3, -0.25) is 0 Å². The molecular formula is C15H25N3O2S. The van der Waals surface area contributed by atoms with Crippen molar-refractivity contribution >= 4 is 10.0 Å². The molecule has 1 aliphatic rings. The Labute approximate surface area is 127 Å². The van der Waals surface area contributed by atoms with Crippen molar-refractivity contribution in [1.29, 1.82) is 0 Å². The van der Waals surface area contributed by atoms with E-state index in [-0.39, 0.29) is 5.75 Å². The zero-order chi connectivity index (χ0) is 15.5. The third-order valence-corrected chi connectivity index (χ3v) is 5.99. The highest BCUT2D eigenvalue weighted by Crippen LogP contribution is 2.18.